The number of hydrogen-bond acceptors (Lipinski definition) is 5. The molecule has 0 aromatic heterocycles. The summed E-state index contributed by atoms with van der Waals surface area (Å²) in [5, 5.41) is 9.01. The van der Waals surface area contributed by atoms with Crippen molar-refractivity contribution in [1.29, 1.82) is 0 Å². The molecular weight excluding hydrogens is 274 g/mol. The largest absolute Gasteiger partial charge is 0.481 e. The smallest absolute Gasteiger partial charge is 0.312 e. The number of sulfone groups is 1. The summed E-state index contributed by atoms with van der Waals surface area (Å²) in [5.41, 5.74) is 5.93. The Morgan fingerprint density at radius 2 is 2.11 bits per heavy atom. The average Bonchev–Trinajstić information content (AvgIpc) is 2.27. The maximum atomic E-state index is 11.5. The normalized spacial score (nSPS) is 13.3. The van der Waals surface area contributed by atoms with E-state index in [4.69, 9.17) is 10.8 Å². The van der Waals surface area contributed by atoms with Crippen molar-refractivity contribution in [2.45, 2.75) is 15.7 Å². The molecule has 0 aliphatic carbocycles. The second-order valence-corrected chi connectivity index (χ2v) is 6.64. The minimum absolute atomic E-state index is 0.0264. The molecule has 0 saturated carbocycles. The Morgan fingerprint density at radius 3 is 2.50 bits per heavy atom. The van der Waals surface area contributed by atoms with E-state index in [1.807, 2.05) is 0 Å². The molecule has 0 amide bonds. The summed E-state index contributed by atoms with van der Waals surface area (Å²) >= 11 is 1.26. The molecule has 3 N–H and O–H groups in total. The number of carboxylic acids is 1. The summed E-state index contributed by atoms with van der Waals surface area (Å²) in [7, 11) is -3.31. The first-order valence-corrected chi connectivity index (χ1v) is 8.23. The summed E-state index contributed by atoms with van der Waals surface area (Å²) in [6.07, 6.45) is 2.87. The van der Waals surface area contributed by atoms with E-state index in [-0.39, 0.29) is 11.4 Å². The van der Waals surface area contributed by atoms with E-state index in [0.29, 0.717) is 10.5 Å². The van der Waals surface area contributed by atoms with Crippen molar-refractivity contribution in [3.8, 4) is 0 Å². The maximum absolute atomic E-state index is 11.5. The molecule has 100 valence electrons. The van der Waals surface area contributed by atoms with Crippen LogP contribution in [0.15, 0.2) is 28.0 Å². The molecule has 0 aliphatic rings. The minimum Gasteiger partial charge on any atom is -0.481 e. The highest BCUT2D eigenvalue weighted by atomic mass is 32.2. The molecule has 0 saturated heterocycles. The van der Waals surface area contributed by atoms with Crippen LogP contribution in [0.25, 0.3) is 0 Å². The van der Waals surface area contributed by atoms with Gasteiger partial charge in [0.1, 0.15) is 0 Å². The Morgan fingerprint density at radius 1 is 1.50 bits per heavy atom. The monoisotopic (exact) mass is 289 g/mol. The zero-order chi connectivity index (χ0) is 13.9. The van der Waals surface area contributed by atoms with Gasteiger partial charge in [-0.3, -0.25) is 4.79 Å². The first-order chi connectivity index (χ1) is 8.31. The van der Waals surface area contributed by atoms with Gasteiger partial charge in [-0.2, -0.15) is 0 Å². The third-order valence-corrected chi connectivity index (χ3v) is 4.59. The quantitative estimate of drug-likeness (QED) is 0.783. The highest BCUT2D eigenvalue weighted by Gasteiger charge is 2.21. The fourth-order valence-electron chi connectivity index (χ4n) is 1.59. The zero-order valence-corrected chi connectivity index (χ0v) is 11.7. The number of benzene rings is 1. The van der Waals surface area contributed by atoms with Crippen molar-refractivity contribution < 1.29 is 18.3 Å². The summed E-state index contributed by atoms with van der Waals surface area (Å²) in [4.78, 5) is 11.8. The molecule has 0 spiro atoms. The highest BCUT2D eigenvalue weighted by molar-refractivity contribution is 7.99. The molecule has 1 aromatic carbocycles. The number of carbonyl (C=O) groups is 1. The lowest BCUT2D eigenvalue weighted by Gasteiger charge is -2.13. The Labute approximate surface area is 110 Å². The molecular formula is C11H15NO4S2. The topological polar surface area (TPSA) is 97.5 Å². The predicted molar refractivity (Wildman–Crippen MR) is 70.8 cm³/mol. The van der Waals surface area contributed by atoms with Gasteiger partial charge in [0.25, 0.3) is 0 Å². The minimum atomic E-state index is -3.31. The van der Waals surface area contributed by atoms with E-state index in [1.54, 1.807) is 12.3 Å². The van der Waals surface area contributed by atoms with Crippen LogP contribution < -0.4 is 5.73 Å². The SMILES string of the molecule is CSc1cc(C(CN)C(=O)O)ccc1S(C)(=O)=O. The molecule has 0 fully saturated rings. The van der Waals surface area contributed by atoms with E-state index < -0.39 is 21.7 Å². The predicted octanol–water partition coefficient (Wildman–Crippen LogP) is 0.939. The van der Waals surface area contributed by atoms with E-state index in [0.717, 1.165) is 6.26 Å². The van der Waals surface area contributed by atoms with Crippen LogP contribution in [0.1, 0.15) is 11.5 Å². The third-order valence-electron chi connectivity index (χ3n) is 2.52. The van der Waals surface area contributed by atoms with Gasteiger partial charge in [0.2, 0.25) is 0 Å². The van der Waals surface area contributed by atoms with Crippen LogP contribution >= 0.6 is 11.8 Å². The average molecular weight is 289 g/mol. The standard InChI is InChI=1S/C11H15NO4S2/c1-17-9-5-7(8(6-12)11(13)14)3-4-10(9)18(2,15)16/h3-5,8H,6,12H2,1-2H3,(H,13,14). The van der Waals surface area contributed by atoms with Gasteiger partial charge in [-0.15, -0.1) is 11.8 Å². The van der Waals surface area contributed by atoms with Crippen molar-refractivity contribution >= 4 is 27.6 Å². The van der Waals surface area contributed by atoms with Gasteiger partial charge in [-0.1, -0.05) is 6.07 Å². The first kappa shape index (κ1) is 15.0. The molecule has 1 atom stereocenters. The summed E-state index contributed by atoms with van der Waals surface area (Å²) < 4.78 is 23.1. The molecule has 1 unspecified atom stereocenters. The Balaban J connectivity index is 3.34. The van der Waals surface area contributed by atoms with Crippen LogP contribution in [-0.4, -0.2) is 38.5 Å². The summed E-state index contributed by atoms with van der Waals surface area (Å²) in [6.45, 7) is -0.0264. The molecule has 0 radical (unpaired) electrons. The number of nitrogens with two attached hydrogens (primary N) is 1. The van der Waals surface area contributed by atoms with Gasteiger partial charge in [0.15, 0.2) is 9.84 Å². The van der Waals surface area contributed by atoms with E-state index in [2.05, 4.69) is 0 Å². The molecule has 7 heteroatoms. The van der Waals surface area contributed by atoms with Crippen molar-refractivity contribution in [3.05, 3.63) is 23.8 Å². The lowest BCUT2D eigenvalue weighted by Crippen LogP contribution is -2.21. The number of hydrogen-bond donors (Lipinski definition) is 2. The number of thioether (sulfide) groups is 1. The van der Waals surface area contributed by atoms with Gasteiger partial charge in [-0.05, 0) is 24.0 Å². The van der Waals surface area contributed by atoms with Crippen molar-refractivity contribution in [1.82, 2.24) is 0 Å². The molecule has 5 nitrogen and oxygen atoms in total. The van der Waals surface area contributed by atoms with Crippen molar-refractivity contribution in [2.24, 2.45) is 5.73 Å². The van der Waals surface area contributed by atoms with Crippen LogP contribution in [0, 0.1) is 0 Å². The Bertz CT molecular complexity index is 554. The fraction of sp³-hybridized carbons (Fsp3) is 0.364. The van der Waals surface area contributed by atoms with E-state index in [1.165, 1.54) is 23.9 Å². The van der Waals surface area contributed by atoms with Crippen LogP contribution in [0.2, 0.25) is 0 Å². The second kappa shape index (κ2) is 5.73. The third kappa shape index (κ3) is 3.24. The van der Waals surface area contributed by atoms with Crippen molar-refractivity contribution in [3.63, 3.8) is 0 Å². The molecule has 18 heavy (non-hydrogen) atoms. The first-order valence-electron chi connectivity index (χ1n) is 5.12. The molecule has 0 heterocycles. The fourth-order valence-corrected chi connectivity index (χ4v) is 3.55. The Hall–Kier alpha value is -1.05. The van der Waals surface area contributed by atoms with E-state index in [9.17, 15) is 13.2 Å². The molecule has 0 aliphatic heterocycles. The maximum Gasteiger partial charge on any atom is 0.312 e. The van der Waals surface area contributed by atoms with Gasteiger partial charge < -0.3 is 10.8 Å². The summed E-state index contributed by atoms with van der Waals surface area (Å²) in [5.74, 6) is -1.83. The Kier molecular flexibility index (Phi) is 4.78. The molecule has 0 bridgehead atoms. The number of aliphatic carboxylic acids is 1. The van der Waals surface area contributed by atoms with Crippen LogP contribution in [0.4, 0.5) is 0 Å². The van der Waals surface area contributed by atoms with Crippen LogP contribution in [0.5, 0.6) is 0 Å². The van der Waals surface area contributed by atoms with Gasteiger partial charge in [0, 0.05) is 17.7 Å². The van der Waals surface area contributed by atoms with Gasteiger partial charge in [0.05, 0.1) is 10.8 Å². The molecule has 1 rings (SSSR count). The van der Waals surface area contributed by atoms with Crippen LogP contribution in [0.3, 0.4) is 0 Å². The highest BCUT2D eigenvalue weighted by Crippen LogP contribution is 2.28. The molecule has 1 aromatic rings. The lowest BCUT2D eigenvalue weighted by molar-refractivity contribution is -0.138. The zero-order valence-electron chi connectivity index (χ0n) is 10.1. The van der Waals surface area contributed by atoms with E-state index >= 15 is 0 Å². The van der Waals surface area contributed by atoms with Gasteiger partial charge in [-0.25, -0.2) is 8.42 Å². The number of rotatable bonds is 5. The number of carboxylic acid groups (broad SMARTS) is 1. The van der Waals surface area contributed by atoms with Crippen LogP contribution in [-0.2, 0) is 14.6 Å². The lowest BCUT2D eigenvalue weighted by atomic mass is 10.00. The second-order valence-electron chi connectivity index (χ2n) is 3.81. The van der Waals surface area contributed by atoms with Gasteiger partial charge >= 0.3 is 5.97 Å². The van der Waals surface area contributed by atoms with Crippen molar-refractivity contribution in [2.75, 3.05) is 19.1 Å². The summed E-state index contributed by atoms with van der Waals surface area (Å²) in [6, 6.07) is 4.51.